The largest absolute Gasteiger partial charge is 1.00 e. The minimum Gasteiger partial charge on any atom is -1.00 e. The molecule has 2 heterocycles. The van der Waals surface area contributed by atoms with E-state index in [1.807, 2.05) is 122 Å². The van der Waals surface area contributed by atoms with Gasteiger partial charge in [-0.1, -0.05) is 0 Å². The third kappa shape index (κ3) is 6.67. The number of nitrogens with one attached hydrogen (secondary N) is 3. The minimum atomic E-state index is -0.164. The highest BCUT2D eigenvalue weighted by Gasteiger charge is 2.11. The number of nitrogens with zero attached hydrogens (tertiary/aromatic N) is 2. The highest BCUT2D eigenvalue weighted by atomic mass is 79.9. The van der Waals surface area contributed by atoms with Gasteiger partial charge in [0.15, 0.2) is 18.6 Å². The highest BCUT2D eigenvalue weighted by Crippen LogP contribution is 2.26. The lowest BCUT2D eigenvalue weighted by Gasteiger charge is -2.11. The van der Waals surface area contributed by atoms with Crippen molar-refractivity contribution in [1.82, 2.24) is 0 Å². The summed E-state index contributed by atoms with van der Waals surface area (Å²) >= 11 is 0. The molecule has 5 rings (SSSR count). The van der Waals surface area contributed by atoms with E-state index in [-0.39, 0.29) is 39.9 Å². The number of nitrogens with two attached hydrogens (primary N) is 1. The molecule has 9 heteroatoms. The molecule has 7 nitrogen and oxygen atoms in total. The van der Waals surface area contributed by atoms with Gasteiger partial charge in [-0.25, -0.2) is 9.13 Å². The lowest BCUT2D eigenvalue weighted by molar-refractivity contribution is -0.671. The average molecular weight is 636 g/mol. The molecule has 0 atom stereocenters. The summed E-state index contributed by atoms with van der Waals surface area (Å²) in [5, 5.41) is 10.8. The molecular weight excluding hydrogens is 608 g/mol. The molecule has 0 aliphatic rings. The van der Waals surface area contributed by atoms with Crippen molar-refractivity contribution in [3.05, 3.63) is 109 Å². The van der Waals surface area contributed by atoms with Crippen molar-refractivity contribution in [2.45, 2.75) is 0 Å². The van der Waals surface area contributed by atoms with Gasteiger partial charge in [0.2, 0.25) is 5.52 Å². The van der Waals surface area contributed by atoms with E-state index >= 15 is 0 Å². The molecule has 2 aromatic heterocycles. The van der Waals surface area contributed by atoms with Crippen LogP contribution >= 0.6 is 0 Å². The van der Waals surface area contributed by atoms with Crippen LogP contribution < -0.4 is 64.8 Å². The van der Waals surface area contributed by atoms with Crippen LogP contribution in [0.1, 0.15) is 10.4 Å². The summed E-state index contributed by atoms with van der Waals surface area (Å²) in [5.41, 5.74) is 12.9. The van der Waals surface area contributed by atoms with Crippen molar-refractivity contribution in [3.8, 4) is 0 Å². The normalized spacial score (nSPS) is 10.2. The van der Waals surface area contributed by atoms with Gasteiger partial charge in [-0.3, -0.25) is 4.79 Å². The van der Waals surface area contributed by atoms with E-state index < -0.39 is 0 Å². The summed E-state index contributed by atoms with van der Waals surface area (Å²) in [6.07, 6.45) is 5.97. The number of aryl methyl sites for hydroxylation is 2. The van der Waals surface area contributed by atoms with Gasteiger partial charge in [0.1, 0.15) is 14.1 Å². The van der Waals surface area contributed by atoms with Gasteiger partial charge in [0.05, 0.1) is 16.8 Å². The summed E-state index contributed by atoms with van der Waals surface area (Å²) in [6.45, 7) is 0. The lowest BCUT2D eigenvalue weighted by atomic mass is 10.1. The number of nitrogen functional groups attached to an aromatic ring is 1. The summed E-state index contributed by atoms with van der Waals surface area (Å²) in [5.74, 6) is -0.164. The van der Waals surface area contributed by atoms with Gasteiger partial charge in [0.25, 0.3) is 5.91 Å². The molecule has 0 spiro atoms. The van der Waals surface area contributed by atoms with Crippen molar-refractivity contribution < 1.29 is 47.9 Å². The number of hydrogen-bond donors (Lipinski definition) is 4. The monoisotopic (exact) mass is 634 g/mol. The second-order valence-electron chi connectivity index (χ2n) is 8.73. The molecule has 0 aliphatic heterocycles. The van der Waals surface area contributed by atoms with Crippen LogP contribution in [0.5, 0.6) is 0 Å². The maximum atomic E-state index is 12.8. The Bertz CT molecular complexity index is 1540. The number of fused-ring (bicyclic) bond motifs is 1. The Kier molecular flexibility index (Phi) is 9.44. The molecule has 3 aromatic carbocycles. The number of rotatable bonds is 6. The van der Waals surface area contributed by atoms with Crippen LogP contribution in [-0.4, -0.2) is 5.91 Å². The molecule has 0 unspecified atom stereocenters. The maximum absolute atomic E-state index is 12.8. The van der Waals surface area contributed by atoms with Crippen molar-refractivity contribution in [1.29, 1.82) is 0 Å². The van der Waals surface area contributed by atoms with Crippen LogP contribution in [0.4, 0.5) is 34.1 Å². The quantitative estimate of drug-likeness (QED) is 0.140. The molecule has 38 heavy (non-hydrogen) atoms. The van der Waals surface area contributed by atoms with Gasteiger partial charge >= 0.3 is 0 Å². The standard InChI is InChI=1S/C29H26N6O.2BrH/c1-34-16-13-25(14-17-34)31-22-8-10-24(11-9-22)33-29(36)20-3-6-23(7-4-20)32-27-15-18-35(2)28-12-5-21(30)19-26(27)28;;/h3-19H,30H2,1-2H3,(H,33,36);2*1H. The zero-order chi connectivity index (χ0) is 25.1. The van der Waals surface area contributed by atoms with Gasteiger partial charge in [-0.15, -0.1) is 0 Å². The first-order chi connectivity index (χ1) is 17.4. The van der Waals surface area contributed by atoms with Crippen molar-refractivity contribution in [2.24, 2.45) is 14.1 Å². The van der Waals surface area contributed by atoms with Crippen molar-refractivity contribution >= 4 is 50.9 Å². The fourth-order valence-electron chi connectivity index (χ4n) is 3.99. The van der Waals surface area contributed by atoms with Gasteiger partial charge in [-0.2, -0.15) is 0 Å². The Morgan fingerprint density at radius 2 is 1.26 bits per heavy atom. The van der Waals surface area contributed by atoms with Crippen molar-refractivity contribution in [2.75, 3.05) is 21.7 Å². The molecule has 0 radical (unpaired) electrons. The second-order valence-corrected chi connectivity index (χ2v) is 8.73. The number of anilines is 6. The fraction of sp³-hybridized carbons (Fsp3) is 0.0690. The molecule has 5 N–H and O–H groups in total. The van der Waals surface area contributed by atoms with E-state index in [1.165, 1.54) is 0 Å². The molecule has 0 bridgehead atoms. The number of carbonyl (C=O) groups excluding carboxylic acids is 1. The first kappa shape index (κ1) is 28.6. The van der Waals surface area contributed by atoms with Crippen LogP contribution in [0.2, 0.25) is 0 Å². The second kappa shape index (κ2) is 12.5. The van der Waals surface area contributed by atoms with E-state index in [2.05, 4.69) is 20.5 Å². The van der Waals surface area contributed by atoms with E-state index in [0.29, 0.717) is 11.3 Å². The highest BCUT2D eigenvalue weighted by molar-refractivity contribution is 6.04. The van der Waals surface area contributed by atoms with Crippen LogP contribution in [-0.2, 0) is 14.1 Å². The summed E-state index contributed by atoms with van der Waals surface area (Å²) < 4.78 is 4.03. The van der Waals surface area contributed by atoms with E-state index in [0.717, 1.165) is 39.3 Å². The molecule has 0 saturated carbocycles. The number of amides is 1. The van der Waals surface area contributed by atoms with E-state index in [9.17, 15) is 4.79 Å². The van der Waals surface area contributed by atoms with Crippen LogP contribution in [0.3, 0.4) is 0 Å². The first-order valence-corrected chi connectivity index (χ1v) is 11.6. The SMILES string of the molecule is C[n+]1ccc(Nc2ccc(NC(=O)c3ccc(Nc4cc[n+](C)c5ccc(N)cc45)cc3)cc2)cc1.[Br-].[Br-]. The Morgan fingerprint density at radius 1 is 0.684 bits per heavy atom. The smallest absolute Gasteiger partial charge is 0.255 e. The average Bonchev–Trinajstić information content (AvgIpc) is 2.88. The Labute approximate surface area is 242 Å². The van der Waals surface area contributed by atoms with E-state index in [4.69, 9.17) is 5.73 Å². The van der Waals surface area contributed by atoms with Crippen LogP contribution in [0.15, 0.2) is 104 Å². The Hall–Kier alpha value is -3.95. The number of aromatic nitrogens is 2. The zero-order valence-corrected chi connectivity index (χ0v) is 24.1. The molecule has 0 saturated heterocycles. The van der Waals surface area contributed by atoms with E-state index in [1.54, 1.807) is 0 Å². The third-order valence-corrected chi connectivity index (χ3v) is 5.99. The summed E-state index contributed by atoms with van der Waals surface area (Å²) in [7, 11) is 3.98. The predicted octanol–water partition coefficient (Wildman–Crippen LogP) is -1.18. The zero-order valence-electron chi connectivity index (χ0n) is 21.0. The molecule has 0 aliphatic carbocycles. The molecule has 0 fully saturated rings. The van der Waals surface area contributed by atoms with Crippen molar-refractivity contribution in [3.63, 3.8) is 0 Å². The number of halogens is 2. The minimum absolute atomic E-state index is 0. The molecule has 194 valence electrons. The summed E-state index contributed by atoms with van der Waals surface area (Å²) in [6, 6.07) is 26.9. The molecule has 1 amide bonds. The van der Waals surface area contributed by atoms with Gasteiger partial charge in [-0.05, 0) is 60.7 Å². The lowest BCUT2D eigenvalue weighted by Crippen LogP contribution is -3.00. The number of pyridine rings is 2. The van der Waals surface area contributed by atoms with Gasteiger partial charge < -0.3 is 55.6 Å². The summed E-state index contributed by atoms with van der Waals surface area (Å²) in [4.78, 5) is 12.8. The topological polar surface area (TPSA) is 86.9 Å². The Morgan fingerprint density at radius 3 is 1.95 bits per heavy atom. The maximum Gasteiger partial charge on any atom is 0.255 e. The van der Waals surface area contributed by atoms with Crippen LogP contribution in [0.25, 0.3) is 10.9 Å². The number of carbonyl (C=O) groups is 1. The molecule has 5 aromatic rings. The Balaban J connectivity index is 0.00000200. The van der Waals surface area contributed by atoms with Crippen LogP contribution in [0, 0.1) is 0 Å². The number of benzene rings is 3. The predicted molar refractivity (Wildman–Crippen MR) is 145 cm³/mol. The third-order valence-electron chi connectivity index (χ3n) is 5.99. The van der Waals surface area contributed by atoms with Gasteiger partial charge in [0, 0.05) is 52.6 Å². The fourth-order valence-corrected chi connectivity index (χ4v) is 3.99. The number of hydrogen-bond acceptors (Lipinski definition) is 4. The first-order valence-electron chi connectivity index (χ1n) is 11.6. The molecular formula is C29H28Br2N6O.